The van der Waals surface area contributed by atoms with E-state index in [4.69, 9.17) is 0 Å². The molecule has 1 aromatic rings. The number of nitrogens with zero attached hydrogens (tertiary/aromatic N) is 1. The first-order valence-corrected chi connectivity index (χ1v) is 6.97. The number of hydrogen-bond donors (Lipinski definition) is 2. The van der Waals surface area contributed by atoms with Gasteiger partial charge in [-0.2, -0.15) is 0 Å². The normalized spacial score (nSPS) is 21.4. The van der Waals surface area contributed by atoms with Crippen molar-refractivity contribution in [2.75, 3.05) is 19.6 Å². The molecular formula is C15H24N2O. The van der Waals surface area contributed by atoms with Crippen molar-refractivity contribution in [3.8, 4) is 5.75 Å². The second-order valence-corrected chi connectivity index (χ2v) is 5.15. The number of nitrogens with one attached hydrogen (secondary N) is 1. The van der Waals surface area contributed by atoms with Gasteiger partial charge in [0, 0.05) is 18.6 Å². The molecule has 0 saturated carbocycles. The second-order valence-electron chi connectivity index (χ2n) is 5.15. The lowest BCUT2D eigenvalue weighted by atomic mass is 10.1. The van der Waals surface area contributed by atoms with Crippen molar-refractivity contribution >= 4 is 0 Å². The first kappa shape index (κ1) is 13.4. The Hall–Kier alpha value is -1.06. The van der Waals surface area contributed by atoms with Crippen LogP contribution in [0.5, 0.6) is 5.75 Å². The van der Waals surface area contributed by atoms with Gasteiger partial charge in [0.25, 0.3) is 0 Å². The predicted octanol–water partition coefficient (Wildman–Crippen LogP) is 2.53. The molecule has 2 N–H and O–H groups in total. The summed E-state index contributed by atoms with van der Waals surface area (Å²) in [5.41, 5.74) is 1.27. The van der Waals surface area contributed by atoms with E-state index in [-0.39, 0.29) is 0 Å². The number of benzene rings is 1. The van der Waals surface area contributed by atoms with E-state index in [1.807, 2.05) is 12.1 Å². The number of aromatic hydroxyl groups is 1. The summed E-state index contributed by atoms with van der Waals surface area (Å²) in [6.07, 6.45) is 2.59. The van der Waals surface area contributed by atoms with E-state index in [0.29, 0.717) is 17.8 Å². The molecular weight excluding hydrogens is 224 g/mol. The van der Waals surface area contributed by atoms with Gasteiger partial charge in [0.2, 0.25) is 0 Å². The molecule has 1 saturated heterocycles. The van der Waals surface area contributed by atoms with Crippen LogP contribution in [-0.2, 0) is 0 Å². The van der Waals surface area contributed by atoms with E-state index >= 15 is 0 Å². The Kier molecular flexibility index (Phi) is 4.61. The first-order chi connectivity index (χ1) is 8.70. The van der Waals surface area contributed by atoms with Crippen LogP contribution in [0.4, 0.5) is 0 Å². The zero-order valence-corrected chi connectivity index (χ0v) is 11.4. The molecule has 0 aliphatic carbocycles. The Morgan fingerprint density at radius 1 is 1.39 bits per heavy atom. The Morgan fingerprint density at radius 2 is 2.11 bits per heavy atom. The van der Waals surface area contributed by atoms with Crippen molar-refractivity contribution in [3.05, 3.63) is 29.8 Å². The van der Waals surface area contributed by atoms with Crippen LogP contribution in [0, 0.1) is 0 Å². The van der Waals surface area contributed by atoms with Gasteiger partial charge < -0.3 is 10.4 Å². The highest BCUT2D eigenvalue weighted by atomic mass is 16.3. The molecule has 1 fully saturated rings. The number of likely N-dealkylation sites (N-methyl/N-ethyl adjacent to an activating group) is 1. The molecule has 2 unspecified atom stereocenters. The Morgan fingerprint density at radius 3 is 2.67 bits per heavy atom. The highest BCUT2D eigenvalue weighted by Crippen LogP contribution is 2.23. The van der Waals surface area contributed by atoms with E-state index in [1.165, 1.54) is 18.4 Å². The summed E-state index contributed by atoms with van der Waals surface area (Å²) in [5.74, 6) is 0.339. The lowest BCUT2D eigenvalue weighted by Gasteiger charge is -2.30. The summed E-state index contributed by atoms with van der Waals surface area (Å²) in [6, 6.07) is 8.62. The number of phenolic OH excluding ortho intramolecular Hbond substituents is 1. The highest BCUT2D eigenvalue weighted by molar-refractivity contribution is 5.27. The van der Waals surface area contributed by atoms with Gasteiger partial charge in [-0.3, -0.25) is 4.90 Å². The number of phenols is 1. The molecule has 0 radical (unpaired) electrons. The van der Waals surface area contributed by atoms with Crippen LogP contribution in [0.3, 0.4) is 0 Å². The maximum atomic E-state index is 9.34. The van der Waals surface area contributed by atoms with Crippen LogP contribution in [0.15, 0.2) is 24.3 Å². The molecule has 0 amide bonds. The van der Waals surface area contributed by atoms with Gasteiger partial charge in [-0.05, 0) is 50.6 Å². The lowest BCUT2D eigenvalue weighted by molar-refractivity contribution is 0.202. The number of hydrogen-bond acceptors (Lipinski definition) is 3. The smallest absolute Gasteiger partial charge is 0.115 e. The van der Waals surface area contributed by atoms with Crippen molar-refractivity contribution < 1.29 is 5.11 Å². The topological polar surface area (TPSA) is 35.5 Å². The average Bonchev–Trinajstić information content (AvgIpc) is 2.89. The third kappa shape index (κ3) is 3.24. The fraction of sp³-hybridized carbons (Fsp3) is 0.600. The van der Waals surface area contributed by atoms with Crippen molar-refractivity contribution in [1.82, 2.24) is 10.2 Å². The van der Waals surface area contributed by atoms with E-state index in [9.17, 15) is 5.11 Å². The van der Waals surface area contributed by atoms with Gasteiger partial charge in [0.15, 0.2) is 0 Å². The average molecular weight is 248 g/mol. The van der Waals surface area contributed by atoms with Crippen LogP contribution in [0.1, 0.15) is 38.3 Å². The zero-order chi connectivity index (χ0) is 13.0. The molecule has 0 aromatic heterocycles. The van der Waals surface area contributed by atoms with Gasteiger partial charge in [-0.25, -0.2) is 0 Å². The summed E-state index contributed by atoms with van der Waals surface area (Å²) >= 11 is 0. The van der Waals surface area contributed by atoms with Crippen LogP contribution in [0.2, 0.25) is 0 Å². The van der Waals surface area contributed by atoms with Crippen molar-refractivity contribution in [2.45, 2.75) is 38.8 Å². The molecule has 1 aromatic carbocycles. The molecule has 18 heavy (non-hydrogen) atoms. The van der Waals surface area contributed by atoms with E-state index in [2.05, 4.69) is 24.1 Å². The minimum atomic E-state index is 0.339. The summed E-state index contributed by atoms with van der Waals surface area (Å²) in [5, 5.41) is 12.9. The van der Waals surface area contributed by atoms with E-state index < -0.39 is 0 Å². The summed E-state index contributed by atoms with van der Waals surface area (Å²) in [7, 11) is 0. The monoisotopic (exact) mass is 248 g/mol. The maximum Gasteiger partial charge on any atom is 0.115 e. The highest BCUT2D eigenvalue weighted by Gasteiger charge is 2.21. The SMILES string of the molecule is CCN(CC1CCCN1)C(C)c1ccc(O)cc1. The van der Waals surface area contributed by atoms with Gasteiger partial charge >= 0.3 is 0 Å². The van der Waals surface area contributed by atoms with Crippen molar-refractivity contribution in [2.24, 2.45) is 0 Å². The lowest BCUT2D eigenvalue weighted by Crippen LogP contribution is -2.38. The van der Waals surface area contributed by atoms with Crippen molar-refractivity contribution in [1.29, 1.82) is 0 Å². The minimum Gasteiger partial charge on any atom is -0.508 e. The van der Waals surface area contributed by atoms with Crippen LogP contribution >= 0.6 is 0 Å². The predicted molar refractivity (Wildman–Crippen MR) is 74.8 cm³/mol. The molecule has 1 heterocycles. The Balaban J connectivity index is 1.99. The zero-order valence-electron chi connectivity index (χ0n) is 11.4. The van der Waals surface area contributed by atoms with Gasteiger partial charge in [-0.1, -0.05) is 19.1 Å². The quantitative estimate of drug-likeness (QED) is 0.840. The third-order valence-corrected chi connectivity index (χ3v) is 3.95. The maximum absolute atomic E-state index is 9.34. The molecule has 1 aliphatic heterocycles. The van der Waals surface area contributed by atoms with Crippen LogP contribution in [-0.4, -0.2) is 35.7 Å². The molecule has 0 spiro atoms. The summed E-state index contributed by atoms with van der Waals surface area (Å²) in [4.78, 5) is 2.50. The second kappa shape index (κ2) is 6.21. The van der Waals surface area contributed by atoms with Crippen molar-refractivity contribution in [3.63, 3.8) is 0 Å². The molecule has 2 rings (SSSR count). The molecule has 2 atom stereocenters. The molecule has 1 aliphatic rings. The standard InChI is InChI=1S/C15H24N2O/c1-3-17(11-14-5-4-10-16-14)12(2)13-6-8-15(18)9-7-13/h6-9,12,14,16,18H,3-5,10-11H2,1-2H3. The summed E-state index contributed by atoms with van der Waals surface area (Å²) in [6.45, 7) is 7.78. The number of rotatable bonds is 5. The fourth-order valence-electron chi connectivity index (χ4n) is 2.72. The Labute approximate surface area is 110 Å². The third-order valence-electron chi connectivity index (χ3n) is 3.95. The van der Waals surface area contributed by atoms with Crippen LogP contribution < -0.4 is 5.32 Å². The Bertz CT molecular complexity index is 357. The molecule has 3 heteroatoms. The molecule has 100 valence electrons. The first-order valence-electron chi connectivity index (χ1n) is 6.97. The minimum absolute atomic E-state index is 0.339. The van der Waals surface area contributed by atoms with Crippen LogP contribution in [0.25, 0.3) is 0 Å². The summed E-state index contributed by atoms with van der Waals surface area (Å²) < 4.78 is 0. The van der Waals surface area contributed by atoms with E-state index in [0.717, 1.165) is 19.6 Å². The van der Waals surface area contributed by atoms with Gasteiger partial charge in [-0.15, -0.1) is 0 Å². The van der Waals surface area contributed by atoms with Gasteiger partial charge in [0.05, 0.1) is 0 Å². The largest absolute Gasteiger partial charge is 0.508 e. The van der Waals surface area contributed by atoms with E-state index in [1.54, 1.807) is 12.1 Å². The molecule has 3 nitrogen and oxygen atoms in total. The van der Waals surface area contributed by atoms with Gasteiger partial charge in [0.1, 0.15) is 5.75 Å². The molecule has 0 bridgehead atoms. The fourth-order valence-corrected chi connectivity index (χ4v) is 2.72.